The van der Waals surface area contributed by atoms with Crippen LogP contribution >= 0.6 is 0 Å². The molecule has 1 aromatic heterocycles. The Morgan fingerprint density at radius 1 is 1.17 bits per heavy atom. The molecule has 1 aliphatic heterocycles. The quantitative estimate of drug-likeness (QED) is 0.139. The Balaban J connectivity index is 2.07. The van der Waals surface area contributed by atoms with E-state index in [-0.39, 0.29) is 25.8 Å². The molecule has 9 N–H and O–H groups in total. The van der Waals surface area contributed by atoms with Gasteiger partial charge in [-0.05, 0) is 38.6 Å². The number of likely N-dealkylation sites (tertiary alicyclic amines) is 1. The largest absolute Gasteiger partial charge is 0.481 e. The molecule has 2 rings (SSSR count). The molecule has 0 bridgehead atoms. The summed E-state index contributed by atoms with van der Waals surface area (Å²) in [5.74, 6) is -4.65. The highest BCUT2D eigenvalue weighted by Gasteiger charge is 2.39. The average molecular weight is 496 g/mol. The first-order valence-electron chi connectivity index (χ1n) is 11.4. The van der Waals surface area contributed by atoms with E-state index in [0.717, 1.165) is 0 Å². The number of aliphatic carboxylic acids is 2. The van der Waals surface area contributed by atoms with E-state index in [1.165, 1.54) is 17.4 Å². The van der Waals surface area contributed by atoms with Gasteiger partial charge in [0.1, 0.15) is 18.1 Å². The zero-order chi connectivity index (χ0) is 26.0. The number of unbranched alkanes of at least 4 members (excludes halogenated alkanes) is 1. The second-order valence-corrected chi connectivity index (χ2v) is 8.42. The normalized spacial score (nSPS) is 17.9. The van der Waals surface area contributed by atoms with Gasteiger partial charge in [-0.25, -0.2) is 9.78 Å². The van der Waals surface area contributed by atoms with Crippen molar-refractivity contribution in [3.05, 3.63) is 18.2 Å². The fraction of sp³-hybridized carbons (Fsp3) is 0.619. The van der Waals surface area contributed by atoms with E-state index in [2.05, 4.69) is 20.6 Å². The molecule has 14 nitrogen and oxygen atoms in total. The summed E-state index contributed by atoms with van der Waals surface area (Å²) in [5, 5.41) is 23.5. The van der Waals surface area contributed by atoms with Crippen LogP contribution in [0, 0.1) is 0 Å². The zero-order valence-electron chi connectivity index (χ0n) is 19.3. The maximum absolute atomic E-state index is 13.2. The molecule has 0 aliphatic carbocycles. The molecule has 194 valence electrons. The van der Waals surface area contributed by atoms with Crippen LogP contribution in [-0.2, 0) is 30.4 Å². The molecule has 2 heterocycles. The van der Waals surface area contributed by atoms with Crippen molar-refractivity contribution in [1.29, 1.82) is 0 Å². The minimum Gasteiger partial charge on any atom is -0.481 e. The van der Waals surface area contributed by atoms with Crippen LogP contribution in [-0.4, -0.2) is 92.0 Å². The topological polar surface area (TPSA) is 234 Å². The fourth-order valence-corrected chi connectivity index (χ4v) is 3.90. The van der Waals surface area contributed by atoms with Crippen molar-refractivity contribution < 1.29 is 34.2 Å². The highest BCUT2D eigenvalue weighted by molar-refractivity contribution is 5.96. The van der Waals surface area contributed by atoms with E-state index < -0.39 is 60.2 Å². The molecular formula is C21H33N7O7. The van der Waals surface area contributed by atoms with Gasteiger partial charge in [0.15, 0.2) is 0 Å². The predicted molar refractivity (Wildman–Crippen MR) is 122 cm³/mol. The zero-order valence-corrected chi connectivity index (χ0v) is 19.3. The number of amides is 3. The molecule has 0 saturated carbocycles. The number of nitrogens with two attached hydrogens (primary N) is 2. The number of hydrogen-bond acceptors (Lipinski definition) is 8. The number of H-pyrrole nitrogens is 1. The Labute approximate surface area is 201 Å². The minimum absolute atomic E-state index is 0.0926. The number of nitrogens with zero attached hydrogens (tertiary/aromatic N) is 2. The van der Waals surface area contributed by atoms with Crippen LogP contribution in [0.15, 0.2) is 12.5 Å². The summed E-state index contributed by atoms with van der Waals surface area (Å²) in [7, 11) is 0. The van der Waals surface area contributed by atoms with Crippen LogP contribution in [0.4, 0.5) is 0 Å². The third kappa shape index (κ3) is 8.33. The number of aromatic amines is 1. The van der Waals surface area contributed by atoms with E-state index in [1.807, 2.05) is 0 Å². The van der Waals surface area contributed by atoms with Crippen molar-refractivity contribution in [3.63, 3.8) is 0 Å². The number of carbonyl (C=O) groups is 5. The lowest BCUT2D eigenvalue weighted by molar-refractivity contribution is -0.147. The monoisotopic (exact) mass is 495 g/mol. The van der Waals surface area contributed by atoms with E-state index in [9.17, 15) is 34.2 Å². The third-order valence-electron chi connectivity index (χ3n) is 5.72. The van der Waals surface area contributed by atoms with Crippen molar-refractivity contribution in [2.45, 2.75) is 69.1 Å². The van der Waals surface area contributed by atoms with Crippen LogP contribution in [0.2, 0.25) is 0 Å². The van der Waals surface area contributed by atoms with E-state index >= 15 is 0 Å². The lowest BCUT2D eigenvalue weighted by Crippen LogP contribution is -2.57. The van der Waals surface area contributed by atoms with E-state index in [0.29, 0.717) is 31.5 Å². The Morgan fingerprint density at radius 3 is 2.51 bits per heavy atom. The highest BCUT2D eigenvalue weighted by atomic mass is 16.4. The standard InChI is InChI=1S/C21H33N7O7/c22-6-2-1-4-14(21(34)35)26-19(32)16-5-3-7-28(16)20(33)15(9-17(29)30)27-18(31)13(23)8-12-10-24-11-25-12/h10-11,13-16H,1-9,22-23H2,(H,24,25)(H,26,32)(H,27,31)(H,29,30)(H,34,35). The third-order valence-corrected chi connectivity index (χ3v) is 5.72. The average Bonchev–Trinajstić information content (AvgIpc) is 3.49. The molecule has 1 saturated heterocycles. The first-order chi connectivity index (χ1) is 16.6. The van der Waals surface area contributed by atoms with Crippen LogP contribution in [0.5, 0.6) is 0 Å². The second kappa shape index (κ2) is 13.4. The van der Waals surface area contributed by atoms with Crippen molar-refractivity contribution in [2.75, 3.05) is 13.1 Å². The molecule has 1 aromatic rings. The van der Waals surface area contributed by atoms with Gasteiger partial charge >= 0.3 is 11.9 Å². The van der Waals surface area contributed by atoms with Gasteiger partial charge < -0.3 is 42.2 Å². The number of carboxylic acid groups (broad SMARTS) is 2. The number of rotatable bonds is 14. The van der Waals surface area contributed by atoms with Crippen LogP contribution < -0.4 is 22.1 Å². The summed E-state index contributed by atoms with van der Waals surface area (Å²) in [5.41, 5.74) is 11.9. The highest BCUT2D eigenvalue weighted by Crippen LogP contribution is 2.20. The molecule has 3 amide bonds. The Hall–Kier alpha value is -3.52. The Kier molecular flexibility index (Phi) is 10.6. The van der Waals surface area contributed by atoms with Gasteiger partial charge in [0.2, 0.25) is 17.7 Å². The van der Waals surface area contributed by atoms with Gasteiger partial charge in [-0.15, -0.1) is 0 Å². The van der Waals surface area contributed by atoms with Crippen molar-refractivity contribution >= 4 is 29.7 Å². The molecule has 1 fully saturated rings. The first kappa shape index (κ1) is 27.7. The minimum atomic E-state index is -1.44. The molecule has 1 aliphatic rings. The predicted octanol–water partition coefficient (Wildman–Crippen LogP) is -2.07. The summed E-state index contributed by atoms with van der Waals surface area (Å²) < 4.78 is 0. The molecule has 4 unspecified atom stereocenters. The summed E-state index contributed by atoms with van der Waals surface area (Å²) >= 11 is 0. The molecular weight excluding hydrogens is 462 g/mol. The number of carbonyl (C=O) groups excluding carboxylic acids is 3. The molecule has 0 radical (unpaired) electrons. The van der Waals surface area contributed by atoms with Crippen LogP contribution in [0.3, 0.4) is 0 Å². The molecule has 0 aromatic carbocycles. The Bertz CT molecular complexity index is 893. The van der Waals surface area contributed by atoms with Crippen molar-refractivity contribution in [3.8, 4) is 0 Å². The van der Waals surface area contributed by atoms with E-state index in [4.69, 9.17) is 11.5 Å². The van der Waals surface area contributed by atoms with Crippen molar-refractivity contribution in [1.82, 2.24) is 25.5 Å². The first-order valence-corrected chi connectivity index (χ1v) is 11.4. The SMILES string of the molecule is NCCCCC(NC(=O)C1CCCN1C(=O)C(CC(=O)O)NC(=O)C(N)Cc1cnc[nH]1)C(=O)O. The van der Waals surface area contributed by atoms with Gasteiger partial charge in [0, 0.05) is 24.9 Å². The molecule has 14 heteroatoms. The summed E-state index contributed by atoms with van der Waals surface area (Å²) in [6.07, 6.45) is 4.33. The number of hydrogen-bond donors (Lipinski definition) is 7. The van der Waals surface area contributed by atoms with Gasteiger partial charge in [-0.3, -0.25) is 19.2 Å². The summed E-state index contributed by atoms with van der Waals surface area (Å²) in [6.45, 7) is 0.557. The number of nitrogens with one attached hydrogen (secondary N) is 3. The molecule has 0 spiro atoms. The smallest absolute Gasteiger partial charge is 0.326 e. The second-order valence-electron chi connectivity index (χ2n) is 8.42. The number of carboxylic acids is 2. The molecule has 4 atom stereocenters. The van der Waals surface area contributed by atoms with E-state index in [1.54, 1.807) is 0 Å². The lowest BCUT2D eigenvalue weighted by atomic mass is 10.1. The Morgan fingerprint density at radius 2 is 1.91 bits per heavy atom. The van der Waals surface area contributed by atoms with Gasteiger partial charge in [-0.2, -0.15) is 0 Å². The lowest BCUT2D eigenvalue weighted by Gasteiger charge is -2.29. The molecule has 35 heavy (non-hydrogen) atoms. The van der Waals surface area contributed by atoms with Gasteiger partial charge in [-0.1, -0.05) is 0 Å². The maximum atomic E-state index is 13.2. The fourth-order valence-electron chi connectivity index (χ4n) is 3.90. The van der Waals surface area contributed by atoms with Crippen LogP contribution in [0.1, 0.15) is 44.2 Å². The van der Waals surface area contributed by atoms with Gasteiger partial charge in [0.05, 0.1) is 18.8 Å². The van der Waals surface area contributed by atoms with Gasteiger partial charge in [0.25, 0.3) is 0 Å². The van der Waals surface area contributed by atoms with Crippen molar-refractivity contribution in [2.24, 2.45) is 11.5 Å². The summed E-state index contributed by atoms with van der Waals surface area (Å²) in [6, 6.07) is -4.63. The maximum Gasteiger partial charge on any atom is 0.326 e. The summed E-state index contributed by atoms with van der Waals surface area (Å²) in [4.78, 5) is 69.3. The number of aromatic nitrogens is 2. The van der Waals surface area contributed by atoms with Crippen LogP contribution in [0.25, 0.3) is 0 Å². The number of imidazole rings is 1.